The molecule has 0 amide bonds. The van der Waals surface area contributed by atoms with Crippen LogP contribution in [0, 0.1) is 6.92 Å². The van der Waals surface area contributed by atoms with Crippen LogP contribution in [0.4, 0.5) is 0 Å². The molecule has 0 aromatic heterocycles. The van der Waals surface area contributed by atoms with Crippen LogP contribution in [0.5, 0.6) is 5.75 Å². The fourth-order valence-electron chi connectivity index (χ4n) is 2.03. The Kier molecular flexibility index (Phi) is 4.58. The summed E-state index contributed by atoms with van der Waals surface area (Å²) in [7, 11) is 1.70. The van der Waals surface area contributed by atoms with Crippen LogP contribution in [-0.4, -0.2) is 7.11 Å². The van der Waals surface area contributed by atoms with Gasteiger partial charge in [-0.15, -0.1) is 0 Å². The van der Waals surface area contributed by atoms with Crippen LogP contribution < -0.4 is 10.1 Å². The molecule has 0 aliphatic carbocycles. The van der Waals surface area contributed by atoms with Crippen LogP contribution in [0.2, 0.25) is 0 Å². The highest BCUT2D eigenvalue weighted by Gasteiger charge is 2.04. The molecule has 0 aliphatic heterocycles. The zero-order valence-corrected chi connectivity index (χ0v) is 11.8. The molecule has 0 aliphatic rings. The summed E-state index contributed by atoms with van der Waals surface area (Å²) in [5.41, 5.74) is 3.84. The fourth-order valence-corrected chi connectivity index (χ4v) is 2.03. The summed E-state index contributed by atoms with van der Waals surface area (Å²) in [5, 5.41) is 3.53. The summed E-state index contributed by atoms with van der Waals surface area (Å²) in [6.45, 7) is 5.13. The Hall–Kier alpha value is -1.80. The smallest absolute Gasteiger partial charge is 0.119 e. The van der Waals surface area contributed by atoms with E-state index in [9.17, 15) is 0 Å². The highest BCUT2D eigenvalue weighted by molar-refractivity contribution is 5.29. The second kappa shape index (κ2) is 6.39. The zero-order chi connectivity index (χ0) is 13.7. The second-order valence-corrected chi connectivity index (χ2v) is 4.86. The van der Waals surface area contributed by atoms with Crippen molar-refractivity contribution >= 4 is 0 Å². The number of methoxy groups -OCH3 is 1. The summed E-state index contributed by atoms with van der Waals surface area (Å²) in [5.74, 6) is 0.905. The van der Waals surface area contributed by atoms with Crippen LogP contribution in [0.25, 0.3) is 0 Å². The molecule has 2 aromatic rings. The standard InChI is InChI=1S/C17H21NO/c1-13-7-9-16(10-8-13)14(2)18-12-15-5-4-6-17(11-15)19-3/h4-11,14,18H,12H2,1-3H3/t14-/m0/s1. The Morgan fingerprint density at radius 2 is 1.84 bits per heavy atom. The summed E-state index contributed by atoms with van der Waals surface area (Å²) in [6, 6.07) is 17.2. The summed E-state index contributed by atoms with van der Waals surface area (Å²) < 4.78 is 5.23. The van der Waals surface area contributed by atoms with Gasteiger partial charge in [0.25, 0.3) is 0 Å². The van der Waals surface area contributed by atoms with Gasteiger partial charge < -0.3 is 10.1 Å². The lowest BCUT2D eigenvalue weighted by molar-refractivity contribution is 0.414. The van der Waals surface area contributed by atoms with Crippen molar-refractivity contribution in [2.45, 2.75) is 26.4 Å². The summed E-state index contributed by atoms with van der Waals surface area (Å²) >= 11 is 0. The molecule has 0 unspecified atom stereocenters. The molecule has 1 N–H and O–H groups in total. The normalized spacial score (nSPS) is 12.2. The molecule has 0 saturated heterocycles. The van der Waals surface area contributed by atoms with Gasteiger partial charge in [-0.2, -0.15) is 0 Å². The molecule has 1 atom stereocenters. The van der Waals surface area contributed by atoms with E-state index in [-0.39, 0.29) is 0 Å². The fraction of sp³-hybridized carbons (Fsp3) is 0.294. The van der Waals surface area contributed by atoms with Gasteiger partial charge in [-0.25, -0.2) is 0 Å². The molecule has 100 valence electrons. The monoisotopic (exact) mass is 255 g/mol. The molecular weight excluding hydrogens is 234 g/mol. The maximum Gasteiger partial charge on any atom is 0.119 e. The molecule has 0 heterocycles. The van der Waals surface area contributed by atoms with E-state index in [4.69, 9.17) is 4.74 Å². The quantitative estimate of drug-likeness (QED) is 0.876. The van der Waals surface area contributed by atoms with E-state index in [1.54, 1.807) is 7.11 Å². The molecule has 2 heteroatoms. The van der Waals surface area contributed by atoms with Crippen molar-refractivity contribution in [3.63, 3.8) is 0 Å². The number of hydrogen-bond acceptors (Lipinski definition) is 2. The first-order valence-corrected chi connectivity index (χ1v) is 6.62. The van der Waals surface area contributed by atoms with Gasteiger partial charge in [0.1, 0.15) is 5.75 Å². The summed E-state index contributed by atoms with van der Waals surface area (Å²) in [4.78, 5) is 0. The number of rotatable bonds is 5. The SMILES string of the molecule is COc1cccc(CN[C@@H](C)c2ccc(C)cc2)c1. The van der Waals surface area contributed by atoms with Crippen LogP contribution in [-0.2, 0) is 6.54 Å². The van der Waals surface area contributed by atoms with Gasteiger partial charge >= 0.3 is 0 Å². The van der Waals surface area contributed by atoms with Crippen molar-refractivity contribution in [3.05, 3.63) is 65.2 Å². The molecule has 19 heavy (non-hydrogen) atoms. The topological polar surface area (TPSA) is 21.3 Å². The van der Waals surface area contributed by atoms with Crippen molar-refractivity contribution in [2.24, 2.45) is 0 Å². The molecule has 0 bridgehead atoms. The van der Waals surface area contributed by atoms with Crippen LogP contribution in [0.15, 0.2) is 48.5 Å². The van der Waals surface area contributed by atoms with E-state index < -0.39 is 0 Å². The van der Waals surface area contributed by atoms with Crippen molar-refractivity contribution in [1.29, 1.82) is 0 Å². The maximum absolute atomic E-state index is 5.23. The molecule has 0 spiro atoms. The third kappa shape index (κ3) is 3.83. The molecule has 0 fully saturated rings. The molecule has 0 radical (unpaired) electrons. The van der Waals surface area contributed by atoms with E-state index in [1.807, 2.05) is 12.1 Å². The van der Waals surface area contributed by atoms with Gasteiger partial charge in [0.15, 0.2) is 0 Å². The number of hydrogen-bond donors (Lipinski definition) is 1. The third-order valence-corrected chi connectivity index (χ3v) is 3.32. The minimum atomic E-state index is 0.340. The van der Waals surface area contributed by atoms with E-state index in [0.717, 1.165) is 12.3 Å². The van der Waals surface area contributed by atoms with Gasteiger partial charge in [-0.05, 0) is 37.1 Å². The minimum Gasteiger partial charge on any atom is -0.497 e. The summed E-state index contributed by atoms with van der Waals surface area (Å²) in [6.07, 6.45) is 0. The Morgan fingerprint density at radius 3 is 2.53 bits per heavy atom. The van der Waals surface area contributed by atoms with Crippen LogP contribution in [0.3, 0.4) is 0 Å². The van der Waals surface area contributed by atoms with E-state index >= 15 is 0 Å². The van der Waals surface area contributed by atoms with E-state index in [0.29, 0.717) is 6.04 Å². The van der Waals surface area contributed by atoms with Gasteiger partial charge in [0.2, 0.25) is 0 Å². The average Bonchev–Trinajstić information content (AvgIpc) is 2.46. The van der Waals surface area contributed by atoms with Crippen molar-refractivity contribution in [3.8, 4) is 5.75 Å². The van der Waals surface area contributed by atoms with E-state index in [2.05, 4.69) is 55.6 Å². The predicted molar refractivity (Wildman–Crippen MR) is 79.4 cm³/mol. The number of benzene rings is 2. The molecular formula is C17H21NO. The highest BCUT2D eigenvalue weighted by Crippen LogP contribution is 2.16. The van der Waals surface area contributed by atoms with Gasteiger partial charge in [0, 0.05) is 12.6 Å². The largest absolute Gasteiger partial charge is 0.497 e. The zero-order valence-electron chi connectivity index (χ0n) is 11.8. The van der Waals surface area contributed by atoms with Crippen LogP contribution in [0.1, 0.15) is 29.7 Å². The Labute approximate surface area is 115 Å². The lowest BCUT2D eigenvalue weighted by Crippen LogP contribution is -2.18. The lowest BCUT2D eigenvalue weighted by atomic mass is 10.1. The van der Waals surface area contributed by atoms with Crippen molar-refractivity contribution in [2.75, 3.05) is 7.11 Å². The Bertz CT molecular complexity index is 519. The number of ether oxygens (including phenoxy) is 1. The number of aryl methyl sites for hydroxylation is 1. The molecule has 2 aromatic carbocycles. The first-order chi connectivity index (χ1) is 9.19. The predicted octanol–water partition coefficient (Wildman–Crippen LogP) is 3.85. The highest BCUT2D eigenvalue weighted by atomic mass is 16.5. The molecule has 2 nitrogen and oxygen atoms in total. The van der Waals surface area contributed by atoms with Gasteiger partial charge in [-0.3, -0.25) is 0 Å². The first kappa shape index (κ1) is 13.6. The molecule has 2 rings (SSSR count). The first-order valence-electron chi connectivity index (χ1n) is 6.62. The Balaban J connectivity index is 1.96. The van der Waals surface area contributed by atoms with Crippen LogP contribution >= 0.6 is 0 Å². The van der Waals surface area contributed by atoms with Gasteiger partial charge in [0.05, 0.1) is 7.11 Å². The third-order valence-electron chi connectivity index (χ3n) is 3.32. The lowest BCUT2D eigenvalue weighted by Gasteiger charge is -2.15. The second-order valence-electron chi connectivity index (χ2n) is 4.86. The van der Waals surface area contributed by atoms with Crippen molar-refractivity contribution < 1.29 is 4.74 Å². The van der Waals surface area contributed by atoms with Crippen molar-refractivity contribution in [1.82, 2.24) is 5.32 Å². The Morgan fingerprint density at radius 1 is 1.11 bits per heavy atom. The molecule has 0 saturated carbocycles. The minimum absolute atomic E-state index is 0.340. The van der Waals surface area contributed by atoms with Gasteiger partial charge in [-0.1, -0.05) is 42.0 Å². The number of nitrogens with one attached hydrogen (secondary N) is 1. The average molecular weight is 255 g/mol. The van der Waals surface area contributed by atoms with E-state index in [1.165, 1.54) is 16.7 Å². The maximum atomic E-state index is 5.23.